The lowest BCUT2D eigenvalue weighted by Crippen LogP contribution is -2.19. The van der Waals surface area contributed by atoms with Crippen LogP contribution in [0.5, 0.6) is 0 Å². The first-order chi connectivity index (χ1) is 64.2. The van der Waals surface area contributed by atoms with E-state index in [2.05, 4.69) is 160 Å². The highest BCUT2D eigenvalue weighted by atomic mass is 35.5. The molecule has 30 heteroatoms. The molecule has 674 valence electrons. The molecule has 10 heterocycles. The van der Waals surface area contributed by atoms with E-state index in [1.165, 1.54) is 102 Å². The molecule has 4 fully saturated rings. The predicted octanol–water partition coefficient (Wildman–Crippen LogP) is 20.7. The van der Waals surface area contributed by atoms with Crippen molar-refractivity contribution in [1.82, 2.24) is 59.7 Å². The summed E-state index contributed by atoms with van der Waals surface area (Å²) < 4.78 is 22.2. The van der Waals surface area contributed by atoms with Gasteiger partial charge in [0.2, 0.25) is 35.4 Å². The number of halogens is 2. The third-order valence-electron chi connectivity index (χ3n) is 26.2. The van der Waals surface area contributed by atoms with E-state index >= 15 is 0 Å². The highest BCUT2D eigenvalue weighted by Crippen LogP contribution is 2.51. The molecule has 0 unspecified atom stereocenters. The Hall–Kier alpha value is -14.8. The van der Waals surface area contributed by atoms with Crippen LogP contribution in [-0.2, 0) is 52.2 Å². The molecule has 0 saturated heterocycles. The first kappa shape index (κ1) is 86.3. The van der Waals surface area contributed by atoms with Crippen molar-refractivity contribution >= 4 is 142 Å². The second-order valence-corrected chi connectivity index (χ2v) is 37.5. The van der Waals surface area contributed by atoms with Crippen molar-refractivity contribution in [3.8, 4) is 73.1 Å². The molecule has 133 heavy (non-hydrogen) atoms. The summed E-state index contributed by atoms with van der Waals surface area (Å²) >= 11 is 6.39. The summed E-state index contributed by atoms with van der Waals surface area (Å²) in [5.41, 5.74) is 29.7. The van der Waals surface area contributed by atoms with Gasteiger partial charge in [-0.25, -0.2) is 4.39 Å². The van der Waals surface area contributed by atoms with Crippen LogP contribution >= 0.6 is 11.6 Å². The number of para-hydroxylation sites is 1. The highest BCUT2D eigenvalue weighted by Gasteiger charge is 2.36. The van der Waals surface area contributed by atoms with Crippen molar-refractivity contribution < 1.29 is 28.4 Å². The third-order valence-corrected chi connectivity index (χ3v) is 26.4. The lowest BCUT2D eigenvalue weighted by atomic mass is 9.97. The maximum Gasteiger partial charge on any atom is 0.226 e. The lowest BCUT2D eigenvalue weighted by molar-refractivity contribution is -0.117. The number of tetrazole rings is 1. The number of hydrogen-bond donors (Lipinski definition) is 11. The Balaban J connectivity index is 0.000000103. The smallest absolute Gasteiger partial charge is 0.226 e. The zero-order valence-electron chi connectivity index (χ0n) is 75.6. The van der Waals surface area contributed by atoms with E-state index in [0.29, 0.717) is 83.6 Å². The standard InChI is InChI=1S/C22H21N5O.C22H24N4O.C21H21ClN4O.C21H21FN4O.C17H16N6O/c1-12-9-19(28)25-21-15(11-23)5-7-16(22(21)24-12)14-6-8-18-17(10-14)20(13-3-4-13)26-27(18)2;1-12-4-8-16(22-20(12)24-19(27)10-13(2)23-22)15-7-9-18-17(11-15)21(14-5-6-14)25-26(18)3;2*1-11-7-19(27)24-17-10-14(22)9-15(21(17)23-11)13-5-6-18-16(8-13)20(12-3-4-12)25-26(18)2;1-10-8-15(24)19-14-7-3-6-13(16(14)18-10)11-4-2-5-12(9-11)17-20-22-23-21-17/h5-8,10,12-13,24H,3-4,9H2,1-2H3,(H,25,28);4,7-9,11,13-14,23H,5-6,10H2,1-3H3,(H,24,27);2*5-6,8-12,23H,3-4,7H2,1-2H3,(H,24,27);2-7,9-10,18H,8H2,1H3,(H,19,24)(H,20,21,22,23)/t12-;13-;2*11-;10-/m11111/s1. The molecule has 0 spiro atoms. The van der Waals surface area contributed by atoms with E-state index in [1.54, 1.807) is 6.07 Å². The fourth-order valence-corrected chi connectivity index (χ4v) is 19.4. The topological polar surface area (TPSA) is 355 Å². The number of anilines is 10. The minimum Gasteiger partial charge on any atom is -0.380 e. The van der Waals surface area contributed by atoms with Gasteiger partial charge in [0, 0.05) is 174 Å². The van der Waals surface area contributed by atoms with Crippen LogP contribution in [-0.4, -0.2) is 119 Å². The molecule has 10 aromatic carbocycles. The number of aromatic nitrogens is 12. The van der Waals surface area contributed by atoms with Crippen molar-refractivity contribution in [1.29, 1.82) is 5.26 Å². The summed E-state index contributed by atoms with van der Waals surface area (Å²) in [7, 11) is 7.96. The number of H-pyrrole nitrogens is 1. The van der Waals surface area contributed by atoms with E-state index < -0.39 is 0 Å². The van der Waals surface area contributed by atoms with Gasteiger partial charge in [0.1, 0.15) is 11.9 Å². The molecule has 5 aliphatic heterocycles. The summed E-state index contributed by atoms with van der Waals surface area (Å²) in [5.74, 6) is 2.37. The number of benzene rings is 10. The fourth-order valence-electron chi connectivity index (χ4n) is 19.2. The van der Waals surface area contributed by atoms with Crippen LogP contribution in [0.15, 0.2) is 164 Å². The Kier molecular flexibility index (Phi) is 22.8. The summed E-state index contributed by atoms with van der Waals surface area (Å²) in [6.45, 7) is 12.0. The molecule has 5 atom stereocenters. The van der Waals surface area contributed by atoms with Gasteiger partial charge in [-0.3, -0.25) is 42.7 Å². The monoisotopic (exact) mass is 1800 g/mol. The van der Waals surface area contributed by atoms with Crippen molar-refractivity contribution in [3.05, 3.63) is 209 Å². The van der Waals surface area contributed by atoms with Crippen LogP contribution in [0.3, 0.4) is 0 Å². The molecule has 5 amide bonds. The molecule has 9 aliphatic rings. The maximum atomic E-state index is 14.3. The van der Waals surface area contributed by atoms with E-state index in [4.69, 9.17) is 32.0 Å². The van der Waals surface area contributed by atoms with Crippen LogP contribution in [0.25, 0.3) is 111 Å². The molecule has 11 N–H and O–H groups in total. The van der Waals surface area contributed by atoms with Crippen LogP contribution < -0.4 is 53.2 Å². The number of nitrogens with zero attached hydrogens (tertiary/aromatic N) is 12. The number of nitrogens with one attached hydrogen (secondary N) is 11. The Morgan fingerprint density at radius 1 is 0.368 bits per heavy atom. The molecule has 24 rings (SSSR count). The Morgan fingerprint density at radius 2 is 0.729 bits per heavy atom. The van der Waals surface area contributed by atoms with Gasteiger partial charge in [0.25, 0.3) is 0 Å². The van der Waals surface area contributed by atoms with Crippen molar-refractivity contribution in [3.63, 3.8) is 0 Å². The lowest BCUT2D eigenvalue weighted by Gasteiger charge is -2.18. The number of aromatic amines is 1. The number of carbonyl (C=O) groups is 5. The van der Waals surface area contributed by atoms with Crippen LogP contribution in [0.1, 0.15) is 176 Å². The van der Waals surface area contributed by atoms with Crippen LogP contribution in [0.2, 0.25) is 5.02 Å². The minimum absolute atomic E-state index is 0.000646. The van der Waals surface area contributed by atoms with Crippen LogP contribution in [0.4, 0.5) is 61.3 Å². The number of carbonyl (C=O) groups excluding carboxylic acids is 5. The molecular formula is C103H103ClFN23O5. The first-order valence-electron chi connectivity index (χ1n) is 45.8. The van der Waals surface area contributed by atoms with Gasteiger partial charge in [-0.2, -0.15) is 30.9 Å². The van der Waals surface area contributed by atoms with E-state index in [0.717, 1.165) is 140 Å². The average Bonchev–Trinajstić information content (AvgIpc) is 1.67. The maximum absolute atomic E-state index is 14.3. The number of rotatable bonds is 10. The second kappa shape index (κ2) is 35.1. The van der Waals surface area contributed by atoms with Crippen molar-refractivity contribution in [2.75, 3.05) is 53.2 Å². The quantitative estimate of drug-likeness (QED) is 0.0606. The Labute approximate surface area is 772 Å². The Bertz CT molecular complexity index is 7120. The van der Waals surface area contributed by atoms with Gasteiger partial charge in [-0.1, -0.05) is 84.4 Å². The van der Waals surface area contributed by atoms with Crippen molar-refractivity contribution in [2.45, 2.75) is 179 Å². The number of amides is 5. The normalized spacial score (nSPS) is 18.8. The first-order valence-corrected chi connectivity index (χ1v) is 46.2. The molecular weight excluding hydrogens is 1690 g/mol. The van der Waals surface area contributed by atoms with E-state index in [-0.39, 0.29) is 65.6 Å². The molecule has 0 bridgehead atoms. The van der Waals surface area contributed by atoms with Gasteiger partial charge in [0.05, 0.1) is 107 Å². The number of aryl methyl sites for hydroxylation is 5. The summed E-state index contributed by atoms with van der Waals surface area (Å²) in [6.07, 6.45) is 11.7. The zero-order chi connectivity index (χ0) is 92.1. The summed E-state index contributed by atoms with van der Waals surface area (Å²) in [5, 5.41) is 80.1. The van der Waals surface area contributed by atoms with Gasteiger partial charge >= 0.3 is 0 Å². The molecule has 5 aromatic heterocycles. The summed E-state index contributed by atoms with van der Waals surface area (Å²) in [6, 6.07) is 56.4. The zero-order valence-corrected chi connectivity index (χ0v) is 76.4. The van der Waals surface area contributed by atoms with Gasteiger partial charge in [-0.15, -0.1) is 10.2 Å². The average molecular weight is 1800 g/mol. The van der Waals surface area contributed by atoms with Gasteiger partial charge in [-0.05, 0) is 222 Å². The highest BCUT2D eigenvalue weighted by molar-refractivity contribution is 6.32. The molecule has 0 radical (unpaired) electrons. The number of hydrogen-bond acceptors (Lipinski definition) is 18. The minimum atomic E-state index is -0.367. The summed E-state index contributed by atoms with van der Waals surface area (Å²) in [4.78, 5) is 60.5. The molecule has 4 saturated carbocycles. The molecule has 15 aromatic rings. The largest absolute Gasteiger partial charge is 0.380 e. The SMILES string of the molecule is C[C@@H]1CC(=O)Nc2c(C#N)ccc(-c3ccc4c(c3)c(C3CC3)nn4C)c2N1.C[C@@H]1CC(=O)Nc2cc(Cl)cc(-c3ccc4c(c3)c(C3CC3)nn4C)c2N1.C[C@@H]1CC(=O)Nc2cc(F)cc(-c3ccc4c(c3)c(C3CC3)nn4C)c2N1.C[C@@H]1CC(=O)Nc2cccc(-c3cccc(-c4nn[nH]n4)c3)c2N1.Cc1ccc(-c2ccc3c(c2)c(C2CC2)nn3C)c2c1NC(=O)C[C@@H](C)N2. The van der Waals surface area contributed by atoms with E-state index in [9.17, 15) is 33.6 Å². The van der Waals surface area contributed by atoms with Gasteiger partial charge < -0.3 is 53.2 Å². The third kappa shape index (κ3) is 17.7. The Morgan fingerprint density at radius 3 is 1.17 bits per heavy atom. The predicted molar refractivity (Wildman–Crippen MR) is 524 cm³/mol. The van der Waals surface area contributed by atoms with E-state index in [1.807, 2.05) is 154 Å². The molecule has 28 nitrogen and oxygen atoms in total. The second-order valence-electron chi connectivity index (χ2n) is 37.0. The van der Waals surface area contributed by atoms with Crippen LogP contribution in [0, 0.1) is 24.1 Å². The fraction of sp³-hybridized carbons (Fsp3) is 0.311. The molecule has 4 aliphatic carbocycles. The number of nitriles is 1. The van der Waals surface area contributed by atoms with Crippen molar-refractivity contribution in [2.24, 2.45) is 28.2 Å². The van der Waals surface area contributed by atoms with Gasteiger partial charge in [0.15, 0.2) is 0 Å². The number of fused-ring (bicyclic) bond motifs is 9.